The van der Waals surface area contributed by atoms with Crippen LogP contribution in [0.1, 0.15) is 34.9 Å². The monoisotopic (exact) mass is 344 g/mol. The van der Waals surface area contributed by atoms with Gasteiger partial charge >= 0.3 is 0 Å². The molecule has 0 saturated heterocycles. The first kappa shape index (κ1) is 17.9. The lowest BCUT2D eigenvalue weighted by Crippen LogP contribution is -2.17. The van der Waals surface area contributed by atoms with E-state index in [0.717, 1.165) is 0 Å². The zero-order chi connectivity index (χ0) is 18.2. The van der Waals surface area contributed by atoms with Crippen LogP contribution >= 0.6 is 0 Å². The number of rotatable bonds is 4. The van der Waals surface area contributed by atoms with Gasteiger partial charge in [0.15, 0.2) is 5.76 Å². The number of benzene rings is 1. The molecule has 2 aromatic heterocycles. The summed E-state index contributed by atoms with van der Waals surface area (Å²) in [4.78, 5) is 24.1. The number of carbonyl (C=O) groups is 2. The molecule has 2 heterocycles. The molecule has 0 bridgehead atoms. The van der Waals surface area contributed by atoms with E-state index in [1.807, 2.05) is 13.8 Å². The normalized spacial score (nSPS) is 9.72. The number of anilines is 2. The highest BCUT2D eigenvalue weighted by Gasteiger charge is 2.18. The average Bonchev–Trinajstić information content (AvgIpc) is 3.30. The summed E-state index contributed by atoms with van der Waals surface area (Å²) in [7, 11) is 0. The fraction of sp³-hybridized carbons (Fsp3) is 0.118. The third kappa shape index (κ3) is 4.54. The van der Waals surface area contributed by atoms with E-state index in [4.69, 9.17) is 4.42 Å². The van der Waals surface area contributed by atoms with E-state index in [2.05, 4.69) is 20.8 Å². The van der Waals surface area contributed by atoms with Gasteiger partial charge in [0.2, 0.25) is 0 Å². The van der Waals surface area contributed by atoms with Gasteiger partial charge < -0.3 is 15.1 Å². The summed E-state index contributed by atoms with van der Waals surface area (Å²) in [5.41, 5.74) is 0.676. The Morgan fingerprint density at radius 3 is 2.44 bits per heavy atom. The molecule has 0 aliphatic heterocycles. The molecule has 0 spiro atoms. The molecule has 1 aromatic carbocycles. The first-order valence-corrected chi connectivity index (χ1v) is 7.58. The number of nitrogens with one attached hydrogen (secondary N) is 3. The van der Waals surface area contributed by atoms with E-state index >= 15 is 0 Å². The Balaban J connectivity index is 0.00000109. The lowest BCUT2D eigenvalue weighted by molar-refractivity contribution is 0.0996. The molecule has 0 unspecified atom stereocenters. The minimum atomic E-state index is -0.524. The third-order valence-corrected chi connectivity index (χ3v) is 2.96. The van der Waals surface area contributed by atoms with E-state index < -0.39 is 17.6 Å². The molecular formula is C17H17FN4O3. The number of H-pyrrole nitrogens is 1. The molecule has 0 atom stereocenters. The van der Waals surface area contributed by atoms with Crippen molar-refractivity contribution in [2.45, 2.75) is 13.8 Å². The molecule has 0 saturated carbocycles. The van der Waals surface area contributed by atoms with Crippen LogP contribution in [0, 0.1) is 5.82 Å². The van der Waals surface area contributed by atoms with Gasteiger partial charge in [0.05, 0.1) is 18.1 Å². The lowest BCUT2D eigenvalue weighted by Gasteiger charge is -2.06. The second kappa shape index (κ2) is 8.44. The molecular weight excluding hydrogens is 327 g/mol. The molecule has 0 aliphatic rings. The van der Waals surface area contributed by atoms with E-state index in [9.17, 15) is 14.0 Å². The minimum absolute atomic E-state index is 0.0641. The van der Waals surface area contributed by atoms with E-state index in [1.54, 1.807) is 6.07 Å². The van der Waals surface area contributed by atoms with Crippen molar-refractivity contribution < 1.29 is 18.4 Å². The highest BCUT2D eigenvalue weighted by molar-refractivity contribution is 6.10. The van der Waals surface area contributed by atoms with E-state index in [0.29, 0.717) is 5.69 Å². The lowest BCUT2D eigenvalue weighted by atomic mass is 10.3. The molecule has 3 N–H and O–H groups in total. The Morgan fingerprint density at radius 2 is 1.80 bits per heavy atom. The van der Waals surface area contributed by atoms with Gasteiger partial charge in [0.1, 0.15) is 11.5 Å². The van der Waals surface area contributed by atoms with Gasteiger partial charge in [-0.1, -0.05) is 13.8 Å². The summed E-state index contributed by atoms with van der Waals surface area (Å²) < 4.78 is 17.8. The maximum atomic E-state index is 12.9. The average molecular weight is 344 g/mol. The summed E-state index contributed by atoms with van der Waals surface area (Å²) in [5.74, 6) is -1.33. The van der Waals surface area contributed by atoms with Crippen LogP contribution in [0.4, 0.5) is 15.8 Å². The zero-order valence-electron chi connectivity index (χ0n) is 13.7. The SMILES string of the molecule is CC.O=C(Nc1cn[nH]c1C(=O)Nc1ccc(F)cc1)c1ccco1. The first-order chi connectivity index (χ1) is 12.1. The Labute approximate surface area is 143 Å². The number of furan rings is 1. The Hall–Kier alpha value is -3.42. The molecule has 7 nitrogen and oxygen atoms in total. The smallest absolute Gasteiger partial charge is 0.291 e. The van der Waals surface area contributed by atoms with Crippen LogP contribution in [0.2, 0.25) is 0 Å². The first-order valence-electron chi connectivity index (χ1n) is 7.58. The van der Waals surface area contributed by atoms with Crippen LogP contribution in [0.15, 0.2) is 53.3 Å². The molecule has 25 heavy (non-hydrogen) atoms. The molecule has 3 rings (SSSR count). The molecule has 130 valence electrons. The largest absolute Gasteiger partial charge is 0.459 e. The second-order valence-electron chi connectivity index (χ2n) is 4.55. The molecule has 8 heteroatoms. The van der Waals surface area contributed by atoms with Crippen LogP contribution < -0.4 is 10.6 Å². The Morgan fingerprint density at radius 1 is 1.08 bits per heavy atom. The van der Waals surface area contributed by atoms with Gasteiger partial charge in [0, 0.05) is 5.69 Å². The minimum Gasteiger partial charge on any atom is -0.459 e. The van der Waals surface area contributed by atoms with Crippen molar-refractivity contribution in [3.05, 3.63) is 66.1 Å². The van der Waals surface area contributed by atoms with Crippen molar-refractivity contribution in [3.8, 4) is 0 Å². The highest BCUT2D eigenvalue weighted by Crippen LogP contribution is 2.16. The predicted molar refractivity (Wildman–Crippen MR) is 91.0 cm³/mol. The number of halogens is 1. The summed E-state index contributed by atoms with van der Waals surface area (Å²) >= 11 is 0. The Bertz CT molecular complexity index is 826. The summed E-state index contributed by atoms with van der Waals surface area (Å²) in [6.45, 7) is 4.00. The molecule has 0 aliphatic carbocycles. The highest BCUT2D eigenvalue weighted by atomic mass is 19.1. The quantitative estimate of drug-likeness (QED) is 0.672. The fourth-order valence-corrected chi connectivity index (χ4v) is 1.87. The third-order valence-electron chi connectivity index (χ3n) is 2.96. The van der Waals surface area contributed by atoms with Crippen molar-refractivity contribution in [2.24, 2.45) is 0 Å². The van der Waals surface area contributed by atoms with Crippen molar-refractivity contribution in [1.29, 1.82) is 0 Å². The Kier molecular flexibility index (Phi) is 6.05. The predicted octanol–water partition coefficient (Wildman–Crippen LogP) is 3.67. The maximum absolute atomic E-state index is 12.9. The standard InChI is InChI=1S/C15H11FN4O3.C2H6/c16-9-3-5-10(6-4-9)18-15(22)13-11(8-17-20-13)19-14(21)12-2-1-7-23-12;1-2/h1-8H,(H,17,20)(H,18,22)(H,19,21);1-2H3. The van der Waals surface area contributed by atoms with E-state index in [1.165, 1.54) is 42.8 Å². The van der Waals surface area contributed by atoms with Crippen molar-refractivity contribution >= 4 is 23.2 Å². The van der Waals surface area contributed by atoms with Crippen LogP contribution in [-0.2, 0) is 0 Å². The molecule has 2 amide bonds. The summed E-state index contributed by atoms with van der Waals surface area (Å²) in [5, 5.41) is 11.3. The number of aromatic nitrogens is 2. The van der Waals surface area contributed by atoms with E-state index in [-0.39, 0.29) is 17.1 Å². The van der Waals surface area contributed by atoms with Crippen molar-refractivity contribution in [3.63, 3.8) is 0 Å². The van der Waals surface area contributed by atoms with Crippen LogP contribution in [0.3, 0.4) is 0 Å². The van der Waals surface area contributed by atoms with Crippen molar-refractivity contribution in [1.82, 2.24) is 10.2 Å². The van der Waals surface area contributed by atoms with Crippen LogP contribution in [-0.4, -0.2) is 22.0 Å². The number of amides is 2. The van der Waals surface area contributed by atoms with Gasteiger partial charge in [-0.25, -0.2) is 4.39 Å². The molecule has 0 radical (unpaired) electrons. The topological polar surface area (TPSA) is 100 Å². The number of hydrogen-bond acceptors (Lipinski definition) is 4. The van der Waals surface area contributed by atoms with Gasteiger partial charge in [-0.15, -0.1) is 0 Å². The second-order valence-corrected chi connectivity index (χ2v) is 4.55. The summed E-state index contributed by atoms with van der Waals surface area (Å²) in [6.07, 6.45) is 2.67. The molecule has 3 aromatic rings. The van der Waals surface area contributed by atoms with Crippen molar-refractivity contribution in [2.75, 3.05) is 10.6 Å². The maximum Gasteiger partial charge on any atom is 0.291 e. The van der Waals surface area contributed by atoms with Gasteiger partial charge in [0.25, 0.3) is 11.8 Å². The number of aromatic amines is 1. The number of carbonyl (C=O) groups excluding carboxylic acids is 2. The molecule has 0 fully saturated rings. The van der Waals surface area contributed by atoms with Gasteiger partial charge in [-0.2, -0.15) is 5.10 Å². The van der Waals surface area contributed by atoms with Crippen LogP contribution in [0.25, 0.3) is 0 Å². The number of hydrogen-bond donors (Lipinski definition) is 3. The zero-order valence-corrected chi connectivity index (χ0v) is 13.7. The summed E-state index contributed by atoms with van der Waals surface area (Å²) in [6, 6.07) is 8.36. The van der Waals surface area contributed by atoms with Gasteiger partial charge in [-0.3, -0.25) is 14.7 Å². The van der Waals surface area contributed by atoms with Crippen LogP contribution in [0.5, 0.6) is 0 Å². The number of nitrogens with zero attached hydrogens (tertiary/aromatic N) is 1. The van der Waals surface area contributed by atoms with Gasteiger partial charge in [-0.05, 0) is 36.4 Å². The fourth-order valence-electron chi connectivity index (χ4n) is 1.87.